The molecule has 0 unspecified atom stereocenters. The molecule has 0 bridgehead atoms. The third-order valence-electron chi connectivity index (χ3n) is 3.86. The lowest BCUT2D eigenvalue weighted by atomic mass is 9.92. The average Bonchev–Trinajstić information content (AvgIpc) is 2.96. The highest BCUT2D eigenvalue weighted by molar-refractivity contribution is 5.80. The van der Waals surface area contributed by atoms with E-state index < -0.39 is 5.67 Å². The number of aromatic nitrogens is 3. The molecule has 1 fully saturated rings. The van der Waals surface area contributed by atoms with Crippen LogP contribution in [0.2, 0.25) is 0 Å². The summed E-state index contributed by atoms with van der Waals surface area (Å²) in [6.45, 7) is 6.23. The Kier molecular flexibility index (Phi) is 4.71. The minimum atomic E-state index is -1.48. The van der Waals surface area contributed by atoms with Gasteiger partial charge in [-0.1, -0.05) is 6.58 Å². The molecule has 2 rings (SSSR count). The summed E-state index contributed by atoms with van der Waals surface area (Å²) in [6.07, 6.45) is 5.10. The van der Waals surface area contributed by atoms with Gasteiger partial charge in [0.05, 0.1) is 23.6 Å². The molecule has 0 atom stereocenters. The fourth-order valence-electron chi connectivity index (χ4n) is 2.61. The zero-order valence-electron chi connectivity index (χ0n) is 12.8. The highest BCUT2D eigenvalue weighted by Gasteiger charge is 2.40. The van der Waals surface area contributed by atoms with E-state index in [9.17, 15) is 0 Å². The van der Waals surface area contributed by atoms with Crippen LogP contribution in [-0.4, -0.2) is 39.0 Å². The number of nitriles is 1. The zero-order valence-corrected chi connectivity index (χ0v) is 12.8. The van der Waals surface area contributed by atoms with E-state index in [2.05, 4.69) is 27.8 Å². The molecule has 1 saturated heterocycles. The maximum atomic E-state index is 15.1. The SMILES string of the molecule is C=CN=C/C(=C(\C)C#N)N1CCC(F)(c2nncn2C)CC1. The van der Waals surface area contributed by atoms with Crippen LogP contribution in [0.1, 0.15) is 25.6 Å². The second-order valence-corrected chi connectivity index (χ2v) is 5.30. The maximum Gasteiger partial charge on any atom is 0.173 e. The molecule has 116 valence electrons. The lowest BCUT2D eigenvalue weighted by Gasteiger charge is -2.37. The van der Waals surface area contributed by atoms with Crippen LogP contribution < -0.4 is 0 Å². The van der Waals surface area contributed by atoms with Gasteiger partial charge in [0, 0.05) is 39.2 Å². The first kappa shape index (κ1) is 15.9. The Morgan fingerprint density at radius 3 is 2.73 bits per heavy atom. The topological polar surface area (TPSA) is 70.1 Å². The van der Waals surface area contributed by atoms with Crippen molar-refractivity contribution in [1.29, 1.82) is 5.26 Å². The van der Waals surface area contributed by atoms with Crippen LogP contribution in [-0.2, 0) is 12.7 Å². The maximum absolute atomic E-state index is 15.1. The fourth-order valence-corrected chi connectivity index (χ4v) is 2.61. The molecule has 0 radical (unpaired) electrons. The largest absolute Gasteiger partial charge is 0.369 e. The number of piperidine rings is 1. The van der Waals surface area contributed by atoms with Gasteiger partial charge in [-0.05, 0) is 6.92 Å². The highest BCUT2D eigenvalue weighted by Crippen LogP contribution is 2.36. The standard InChI is InChI=1S/C15H19FN6/c1-4-18-10-13(12(2)9-17)22-7-5-15(16,6-8-22)14-20-19-11-21(14)3/h4,10-11H,1,5-8H2,2-3H3/b13-12-,18-10?. The summed E-state index contributed by atoms with van der Waals surface area (Å²) in [4.78, 5) is 5.96. The van der Waals surface area contributed by atoms with Gasteiger partial charge in [0.15, 0.2) is 11.5 Å². The molecule has 1 aromatic heterocycles. The minimum Gasteiger partial charge on any atom is -0.369 e. The molecule has 0 N–H and O–H groups in total. The van der Waals surface area contributed by atoms with Crippen molar-refractivity contribution >= 4 is 6.21 Å². The van der Waals surface area contributed by atoms with E-state index in [0.29, 0.717) is 43.0 Å². The van der Waals surface area contributed by atoms with Gasteiger partial charge in [-0.2, -0.15) is 5.26 Å². The number of aryl methyl sites for hydroxylation is 1. The Morgan fingerprint density at radius 1 is 1.55 bits per heavy atom. The summed E-state index contributed by atoms with van der Waals surface area (Å²) in [5.41, 5.74) is -0.221. The van der Waals surface area contributed by atoms with Crippen LogP contribution in [0.25, 0.3) is 0 Å². The second kappa shape index (κ2) is 6.52. The predicted molar refractivity (Wildman–Crippen MR) is 81.6 cm³/mol. The molecular weight excluding hydrogens is 283 g/mol. The van der Waals surface area contributed by atoms with Crippen LogP contribution in [0.15, 0.2) is 35.4 Å². The molecule has 2 heterocycles. The number of alkyl halides is 1. The number of aliphatic imine (C=N–C) groups is 1. The van der Waals surface area contributed by atoms with Crippen LogP contribution >= 0.6 is 0 Å². The molecule has 1 aliphatic heterocycles. The van der Waals surface area contributed by atoms with E-state index in [1.54, 1.807) is 24.8 Å². The number of hydrogen-bond donors (Lipinski definition) is 0. The molecule has 1 aliphatic rings. The second-order valence-electron chi connectivity index (χ2n) is 5.30. The van der Waals surface area contributed by atoms with E-state index in [-0.39, 0.29) is 0 Å². The van der Waals surface area contributed by atoms with Gasteiger partial charge in [-0.15, -0.1) is 10.2 Å². The molecule has 0 aromatic carbocycles. The van der Waals surface area contributed by atoms with E-state index in [0.717, 1.165) is 0 Å². The molecular formula is C15H19FN6. The quantitative estimate of drug-likeness (QED) is 0.631. The minimum absolute atomic E-state index is 0.295. The van der Waals surface area contributed by atoms with Crippen molar-refractivity contribution < 1.29 is 4.39 Å². The van der Waals surface area contributed by atoms with Gasteiger partial charge in [0.25, 0.3) is 0 Å². The van der Waals surface area contributed by atoms with Gasteiger partial charge < -0.3 is 9.47 Å². The molecule has 0 aliphatic carbocycles. The van der Waals surface area contributed by atoms with Gasteiger partial charge in [-0.3, -0.25) is 4.99 Å². The van der Waals surface area contributed by atoms with Crippen molar-refractivity contribution in [3.8, 4) is 6.07 Å². The molecule has 1 aromatic rings. The lowest BCUT2D eigenvalue weighted by Crippen LogP contribution is -2.41. The van der Waals surface area contributed by atoms with Crippen molar-refractivity contribution in [3.63, 3.8) is 0 Å². The summed E-state index contributed by atoms with van der Waals surface area (Å²) < 4.78 is 16.7. The molecule has 0 saturated carbocycles. The average molecular weight is 302 g/mol. The van der Waals surface area contributed by atoms with Gasteiger partial charge in [0.1, 0.15) is 6.33 Å². The Labute approximate surface area is 129 Å². The first-order valence-electron chi connectivity index (χ1n) is 7.05. The van der Waals surface area contributed by atoms with Crippen molar-refractivity contribution in [2.24, 2.45) is 12.0 Å². The summed E-state index contributed by atoms with van der Waals surface area (Å²) in [7, 11) is 1.74. The van der Waals surface area contributed by atoms with Gasteiger partial charge in [-0.25, -0.2) is 4.39 Å². The van der Waals surface area contributed by atoms with E-state index >= 15 is 4.39 Å². The molecule has 22 heavy (non-hydrogen) atoms. The molecule has 6 nitrogen and oxygen atoms in total. The van der Waals surface area contributed by atoms with Crippen molar-refractivity contribution in [2.75, 3.05) is 13.1 Å². The summed E-state index contributed by atoms with van der Waals surface area (Å²) in [5, 5.41) is 16.8. The number of halogens is 1. The lowest BCUT2D eigenvalue weighted by molar-refractivity contribution is 0.0611. The Hall–Kier alpha value is -2.49. The van der Waals surface area contributed by atoms with E-state index in [1.165, 1.54) is 12.5 Å². The Morgan fingerprint density at radius 2 is 2.23 bits per heavy atom. The first-order valence-corrected chi connectivity index (χ1v) is 7.05. The van der Waals surface area contributed by atoms with Gasteiger partial charge >= 0.3 is 0 Å². The number of rotatable bonds is 4. The van der Waals surface area contributed by atoms with Crippen molar-refractivity contribution in [1.82, 2.24) is 19.7 Å². The monoisotopic (exact) mass is 302 g/mol. The fraction of sp³-hybridized carbons (Fsp3) is 0.467. The molecule has 0 amide bonds. The van der Waals surface area contributed by atoms with Crippen LogP contribution in [0, 0.1) is 11.3 Å². The number of hydrogen-bond acceptors (Lipinski definition) is 5. The number of nitrogens with zero attached hydrogens (tertiary/aromatic N) is 6. The Bertz CT molecular complexity index is 643. The zero-order chi connectivity index (χ0) is 16.2. The first-order chi connectivity index (χ1) is 10.5. The smallest absolute Gasteiger partial charge is 0.173 e. The molecule has 0 spiro atoms. The predicted octanol–water partition coefficient (Wildman–Crippen LogP) is 2.09. The molecule has 7 heteroatoms. The van der Waals surface area contributed by atoms with Crippen LogP contribution in [0.3, 0.4) is 0 Å². The number of allylic oxidation sites excluding steroid dienone is 2. The van der Waals surface area contributed by atoms with Crippen molar-refractivity contribution in [2.45, 2.75) is 25.4 Å². The third kappa shape index (κ3) is 3.06. The number of likely N-dealkylation sites (tertiary alicyclic amines) is 1. The van der Waals surface area contributed by atoms with E-state index in [4.69, 9.17) is 5.26 Å². The normalized spacial score (nSPS) is 18.9. The van der Waals surface area contributed by atoms with Gasteiger partial charge in [0.2, 0.25) is 0 Å². The summed E-state index contributed by atoms with van der Waals surface area (Å²) >= 11 is 0. The summed E-state index contributed by atoms with van der Waals surface area (Å²) in [6, 6.07) is 2.12. The summed E-state index contributed by atoms with van der Waals surface area (Å²) in [5.74, 6) is 0.356. The van der Waals surface area contributed by atoms with Crippen LogP contribution in [0.4, 0.5) is 4.39 Å². The van der Waals surface area contributed by atoms with E-state index in [1.807, 2.05) is 4.90 Å². The highest BCUT2D eigenvalue weighted by atomic mass is 19.1. The van der Waals surface area contributed by atoms with Crippen molar-refractivity contribution in [3.05, 3.63) is 36.2 Å². The third-order valence-corrected chi connectivity index (χ3v) is 3.86. The van der Waals surface area contributed by atoms with Crippen LogP contribution in [0.5, 0.6) is 0 Å². The Balaban J connectivity index is 2.17.